The number of benzene rings is 4. The fourth-order valence-corrected chi connectivity index (χ4v) is 7.88. The number of anilines is 1. The Kier molecular flexibility index (Phi) is 12.0. The molecule has 4 aromatic carbocycles. The van der Waals surface area contributed by atoms with Crippen molar-refractivity contribution in [2.45, 2.75) is 62.0 Å². The van der Waals surface area contributed by atoms with Gasteiger partial charge >= 0.3 is 0 Å². The first-order valence-electron chi connectivity index (χ1n) is 16.0. The third kappa shape index (κ3) is 8.89. The standard InChI is InChI=1S/C37H39Cl2N3O5S/c1-47-35-21-20-31(24-33(35)39)42(48(45,46)32-18-9-4-10-19-32)26-36(43)41(25-28-14-11-15-29(38)22-28)34(23-27-12-5-2-6-13-27)37(44)40-30-16-7-3-8-17-30/h2,4-6,9-15,18-22,24,30,34H,3,7-8,16-17,23,25-26H2,1H3,(H,40,44)/t34-/m1/s1. The quantitative estimate of drug-likeness (QED) is 0.158. The predicted molar refractivity (Wildman–Crippen MR) is 190 cm³/mol. The second kappa shape index (κ2) is 16.4. The van der Waals surface area contributed by atoms with E-state index in [9.17, 15) is 18.0 Å². The maximum atomic E-state index is 14.7. The molecule has 1 aliphatic rings. The molecular formula is C37H39Cl2N3O5S. The number of carbonyl (C=O) groups excluding carboxylic acids is 2. The number of nitrogens with one attached hydrogen (secondary N) is 1. The number of nitrogens with zero attached hydrogens (tertiary/aromatic N) is 2. The molecule has 1 atom stereocenters. The highest BCUT2D eigenvalue weighted by molar-refractivity contribution is 7.92. The fraction of sp³-hybridized carbons (Fsp3) is 0.297. The van der Waals surface area contributed by atoms with Gasteiger partial charge in [-0.1, -0.05) is 103 Å². The minimum atomic E-state index is -4.26. The van der Waals surface area contributed by atoms with Crippen molar-refractivity contribution in [1.82, 2.24) is 10.2 Å². The van der Waals surface area contributed by atoms with Gasteiger partial charge in [-0.25, -0.2) is 8.42 Å². The number of sulfonamides is 1. The van der Waals surface area contributed by atoms with Crippen LogP contribution in [-0.4, -0.2) is 50.9 Å². The van der Waals surface area contributed by atoms with Gasteiger partial charge in [0.15, 0.2) is 0 Å². The fourth-order valence-electron chi connectivity index (χ4n) is 5.99. The highest BCUT2D eigenvalue weighted by atomic mass is 35.5. The number of methoxy groups -OCH3 is 1. The van der Waals surface area contributed by atoms with Crippen LogP contribution in [0.2, 0.25) is 10.0 Å². The van der Waals surface area contributed by atoms with Crippen molar-refractivity contribution in [3.8, 4) is 5.75 Å². The van der Waals surface area contributed by atoms with E-state index >= 15 is 0 Å². The summed E-state index contributed by atoms with van der Waals surface area (Å²) in [5.74, 6) is -0.499. The number of halogens is 2. The van der Waals surface area contributed by atoms with E-state index in [1.54, 1.807) is 42.5 Å². The molecule has 0 aliphatic heterocycles. The third-order valence-corrected chi connectivity index (χ3v) is 10.8. The van der Waals surface area contributed by atoms with E-state index in [2.05, 4.69) is 5.32 Å². The molecule has 0 spiro atoms. The predicted octanol–water partition coefficient (Wildman–Crippen LogP) is 7.29. The second-order valence-corrected chi connectivity index (χ2v) is 14.6. The summed E-state index contributed by atoms with van der Waals surface area (Å²) in [7, 11) is -2.80. The summed E-state index contributed by atoms with van der Waals surface area (Å²) >= 11 is 12.8. The molecule has 0 unspecified atom stereocenters. The minimum Gasteiger partial charge on any atom is -0.495 e. The zero-order valence-electron chi connectivity index (χ0n) is 26.7. The van der Waals surface area contributed by atoms with Crippen LogP contribution >= 0.6 is 23.2 Å². The van der Waals surface area contributed by atoms with E-state index in [1.807, 2.05) is 36.4 Å². The third-order valence-electron chi connectivity index (χ3n) is 8.50. The van der Waals surface area contributed by atoms with Crippen molar-refractivity contribution in [2.24, 2.45) is 0 Å². The Morgan fingerprint density at radius 3 is 2.17 bits per heavy atom. The van der Waals surface area contributed by atoms with Gasteiger partial charge in [0.1, 0.15) is 18.3 Å². The van der Waals surface area contributed by atoms with Gasteiger partial charge in [-0.2, -0.15) is 0 Å². The van der Waals surface area contributed by atoms with Gasteiger partial charge in [0.25, 0.3) is 10.0 Å². The first-order chi connectivity index (χ1) is 23.2. The summed E-state index contributed by atoms with van der Waals surface area (Å²) in [5, 5.41) is 3.87. The number of rotatable bonds is 13. The molecule has 2 amide bonds. The van der Waals surface area contributed by atoms with Crippen LogP contribution in [0.5, 0.6) is 5.75 Å². The van der Waals surface area contributed by atoms with Crippen LogP contribution in [-0.2, 0) is 32.6 Å². The van der Waals surface area contributed by atoms with Gasteiger partial charge in [-0.15, -0.1) is 0 Å². The van der Waals surface area contributed by atoms with Gasteiger partial charge in [0.2, 0.25) is 11.8 Å². The molecule has 1 saturated carbocycles. The maximum Gasteiger partial charge on any atom is 0.264 e. The molecule has 0 bridgehead atoms. The number of hydrogen-bond acceptors (Lipinski definition) is 5. The first-order valence-corrected chi connectivity index (χ1v) is 18.1. The van der Waals surface area contributed by atoms with Gasteiger partial charge in [0, 0.05) is 24.0 Å². The van der Waals surface area contributed by atoms with Crippen LogP contribution in [0.4, 0.5) is 5.69 Å². The summed E-state index contributed by atoms with van der Waals surface area (Å²) in [6.07, 6.45) is 5.14. The van der Waals surface area contributed by atoms with Crippen molar-refractivity contribution in [3.63, 3.8) is 0 Å². The number of hydrogen-bond donors (Lipinski definition) is 1. The lowest BCUT2D eigenvalue weighted by Gasteiger charge is -2.35. The molecule has 1 aliphatic carbocycles. The molecule has 4 aromatic rings. The molecule has 0 heterocycles. The molecule has 1 fully saturated rings. The van der Waals surface area contributed by atoms with Crippen LogP contribution in [0.1, 0.15) is 43.2 Å². The summed E-state index contributed by atoms with van der Waals surface area (Å²) in [6, 6.07) is 28.0. The zero-order chi connectivity index (χ0) is 34.1. The van der Waals surface area contributed by atoms with Crippen LogP contribution in [0.3, 0.4) is 0 Å². The Bertz CT molecular complexity index is 1800. The monoisotopic (exact) mass is 707 g/mol. The van der Waals surface area contributed by atoms with E-state index in [4.69, 9.17) is 27.9 Å². The van der Waals surface area contributed by atoms with E-state index in [0.717, 1.165) is 42.0 Å². The Balaban J connectivity index is 1.57. The number of ether oxygens (including phenoxy) is 1. The molecule has 11 heteroatoms. The lowest BCUT2D eigenvalue weighted by molar-refractivity contribution is -0.140. The van der Waals surface area contributed by atoms with Gasteiger partial charge in [0.05, 0.1) is 22.7 Å². The normalized spacial score (nSPS) is 14.1. The summed E-state index contributed by atoms with van der Waals surface area (Å²) in [4.78, 5) is 30.4. The lowest BCUT2D eigenvalue weighted by atomic mass is 9.94. The van der Waals surface area contributed by atoms with Crippen LogP contribution in [0, 0.1) is 0 Å². The first kappa shape index (κ1) is 35.3. The highest BCUT2D eigenvalue weighted by Gasteiger charge is 2.35. The molecule has 252 valence electrons. The minimum absolute atomic E-state index is 0.00186. The lowest BCUT2D eigenvalue weighted by Crippen LogP contribution is -2.55. The average Bonchev–Trinajstić information content (AvgIpc) is 3.09. The van der Waals surface area contributed by atoms with Crippen molar-refractivity contribution in [2.75, 3.05) is 18.0 Å². The molecule has 0 aromatic heterocycles. The van der Waals surface area contributed by atoms with Crippen LogP contribution in [0.25, 0.3) is 0 Å². The molecule has 1 N–H and O–H groups in total. The van der Waals surface area contributed by atoms with Gasteiger partial charge < -0.3 is 15.0 Å². The van der Waals surface area contributed by atoms with Crippen molar-refractivity contribution in [3.05, 3.63) is 124 Å². The molecule has 5 rings (SSSR count). The Morgan fingerprint density at radius 2 is 1.52 bits per heavy atom. The van der Waals surface area contributed by atoms with Gasteiger partial charge in [-0.05, 0) is 66.4 Å². The Morgan fingerprint density at radius 1 is 0.854 bits per heavy atom. The number of amides is 2. The van der Waals surface area contributed by atoms with E-state index in [1.165, 1.54) is 36.3 Å². The summed E-state index contributed by atoms with van der Waals surface area (Å²) < 4.78 is 34.7. The Labute approximate surface area is 292 Å². The van der Waals surface area contributed by atoms with Crippen molar-refractivity contribution in [1.29, 1.82) is 0 Å². The molecule has 0 radical (unpaired) electrons. The van der Waals surface area contributed by atoms with E-state index < -0.39 is 28.5 Å². The smallest absolute Gasteiger partial charge is 0.264 e. The largest absolute Gasteiger partial charge is 0.495 e. The molecular weight excluding hydrogens is 669 g/mol. The molecule has 48 heavy (non-hydrogen) atoms. The maximum absolute atomic E-state index is 14.7. The van der Waals surface area contributed by atoms with Gasteiger partial charge in [-0.3, -0.25) is 13.9 Å². The number of carbonyl (C=O) groups is 2. The SMILES string of the molecule is COc1ccc(N(CC(=O)N(Cc2cccc(Cl)c2)[C@H](Cc2ccccc2)C(=O)NC2CCCCC2)S(=O)(=O)c2ccccc2)cc1Cl. The topological polar surface area (TPSA) is 96.0 Å². The van der Waals surface area contributed by atoms with Crippen LogP contribution < -0.4 is 14.4 Å². The molecule has 8 nitrogen and oxygen atoms in total. The van der Waals surface area contributed by atoms with Crippen molar-refractivity contribution >= 4 is 50.7 Å². The molecule has 0 saturated heterocycles. The summed E-state index contributed by atoms with van der Waals surface area (Å²) in [5.41, 5.74) is 1.73. The van der Waals surface area contributed by atoms with Crippen LogP contribution in [0.15, 0.2) is 108 Å². The van der Waals surface area contributed by atoms with E-state index in [-0.39, 0.29) is 40.5 Å². The van der Waals surface area contributed by atoms with Crippen molar-refractivity contribution < 1.29 is 22.7 Å². The Hall–Kier alpha value is -4.05. The second-order valence-electron chi connectivity index (χ2n) is 11.8. The summed E-state index contributed by atoms with van der Waals surface area (Å²) in [6.45, 7) is -0.569. The van der Waals surface area contributed by atoms with E-state index in [0.29, 0.717) is 16.3 Å². The highest BCUT2D eigenvalue weighted by Crippen LogP contribution is 2.32. The zero-order valence-corrected chi connectivity index (χ0v) is 29.1. The average molecular weight is 709 g/mol.